The zero-order chi connectivity index (χ0) is 15.6. The third-order valence-electron chi connectivity index (χ3n) is 3.87. The molecule has 0 radical (unpaired) electrons. The molecule has 1 fully saturated rings. The van der Waals surface area contributed by atoms with Crippen molar-refractivity contribution in [1.82, 2.24) is 4.90 Å². The predicted molar refractivity (Wildman–Crippen MR) is 76.7 cm³/mol. The number of carbonyl (C=O) groups is 1. The number of benzene rings is 1. The molecule has 1 aromatic rings. The number of halogens is 1. The predicted octanol–water partition coefficient (Wildman–Crippen LogP) is 1.74. The molecule has 1 aliphatic rings. The summed E-state index contributed by atoms with van der Waals surface area (Å²) in [5.41, 5.74) is -0.248. The van der Waals surface area contributed by atoms with E-state index in [0.29, 0.717) is 19.0 Å². The second-order valence-electron chi connectivity index (χ2n) is 5.33. The Hall–Kier alpha value is -1.47. The van der Waals surface area contributed by atoms with Crippen molar-refractivity contribution < 1.29 is 17.6 Å². The lowest BCUT2D eigenvalue weighted by molar-refractivity contribution is 0.0701. The summed E-state index contributed by atoms with van der Waals surface area (Å²) in [6.45, 7) is 2.85. The molecular weight excluding hydrogens is 295 g/mol. The van der Waals surface area contributed by atoms with E-state index in [4.69, 9.17) is 5.14 Å². The average Bonchev–Trinajstić information content (AvgIpc) is 2.36. The summed E-state index contributed by atoms with van der Waals surface area (Å²) in [7, 11) is -3.96. The summed E-state index contributed by atoms with van der Waals surface area (Å²) < 4.78 is 36.5. The van der Waals surface area contributed by atoms with Crippen LogP contribution in [0.2, 0.25) is 0 Å². The quantitative estimate of drug-likeness (QED) is 0.899. The molecule has 1 saturated carbocycles. The highest BCUT2D eigenvalue weighted by Crippen LogP contribution is 2.27. The minimum absolute atomic E-state index is 0.248. The van der Waals surface area contributed by atoms with Crippen LogP contribution in [0.15, 0.2) is 23.1 Å². The maximum Gasteiger partial charge on any atom is 0.256 e. The van der Waals surface area contributed by atoms with Gasteiger partial charge in [-0.2, -0.15) is 0 Å². The lowest BCUT2D eigenvalue weighted by atomic mass is 9.85. The van der Waals surface area contributed by atoms with Crippen molar-refractivity contribution in [3.05, 3.63) is 29.6 Å². The lowest BCUT2D eigenvalue weighted by Crippen LogP contribution is -2.37. The van der Waals surface area contributed by atoms with Crippen molar-refractivity contribution in [1.29, 1.82) is 0 Å². The molecule has 0 saturated heterocycles. The highest BCUT2D eigenvalue weighted by Gasteiger charge is 2.25. The van der Waals surface area contributed by atoms with E-state index in [2.05, 4.69) is 0 Å². The Bertz CT molecular complexity index is 642. The number of amides is 1. The van der Waals surface area contributed by atoms with Gasteiger partial charge >= 0.3 is 0 Å². The van der Waals surface area contributed by atoms with Crippen LogP contribution in [0.1, 0.15) is 36.5 Å². The highest BCUT2D eigenvalue weighted by atomic mass is 32.2. The standard InChI is InChI=1S/C14H19FN2O3S/c1-2-17(9-10-4-3-5-10)14(18)12-8-11(21(16,19)20)6-7-13(12)15/h6-8,10H,2-5,9H2,1H3,(H2,16,19,20). The van der Waals surface area contributed by atoms with Gasteiger partial charge in [0, 0.05) is 13.1 Å². The van der Waals surface area contributed by atoms with Crippen LogP contribution in [0.25, 0.3) is 0 Å². The second-order valence-corrected chi connectivity index (χ2v) is 6.89. The van der Waals surface area contributed by atoms with Gasteiger partial charge in [0.2, 0.25) is 10.0 Å². The first-order valence-electron chi connectivity index (χ1n) is 6.94. The van der Waals surface area contributed by atoms with Crippen LogP contribution in [-0.2, 0) is 10.0 Å². The largest absolute Gasteiger partial charge is 0.339 e. The molecule has 1 aliphatic carbocycles. The third-order valence-corrected chi connectivity index (χ3v) is 4.78. The van der Waals surface area contributed by atoms with E-state index >= 15 is 0 Å². The third kappa shape index (κ3) is 3.59. The van der Waals surface area contributed by atoms with E-state index in [1.54, 1.807) is 4.90 Å². The Balaban J connectivity index is 2.27. The zero-order valence-electron chi connectivity index (χ0n) is 11.9. The molecule has 0 heterocycles. The van der Waals surface area contributed by atoms with Crippen molar-refractivity contribution in [2.75, 3.05) is 13.1 Å². The van der Waals surface area contributed by atoms with Crippen LogP contribution in [-0.4, -0.2) is 32.3 Å². The summed E-state index contributed by atoms with van der Waals surface area (Å²) in [5.74, 6) is -0.773. The molecule has 2 rings (SSSR count). The van der Waals surface area contributed by atoms with Crippen LogP contribution < -0.4 is 5.14 Å². The number of rotatable bonds is 5. The molecule has 0 aromatic heterocycles. The van der Waals surface area contributed by atoms with Gasteiger partial charge in [-0.25, -0.2) is 17.9 Å². The minimum atomic E-state index is -3.96. The molecule has 0 spiro atoms. The van der Waals surface area contributed by atoms with E-state index in [9.17, 15) is 17.6 Å². The average molecular weight is 314 g/mol. The van der Waals surface area contributed by atoms with E-state index in [-0.39, 0.29) is 10.5 Å². The van der Waals surface area contributed by atoms with Gasteiger partial charge in [-0.15, -0.1) is 0 Å². The summed E-state index contributed by atoms with van der Waals surface area (Å²) >= 11 is 0. The molecule has 7 heteroatoms. The Kier molecular flexibility index (Phi) is 4.63. The van der Waals surface area contributed by atoms with Crippen LogP contribution in [0.5, 0.6) is 0 Å². The van der Waals surface area contributed by atoms with Gasteiger partial charge in [0.25, 0.3) is 5.91 Å². The van der Waals surface area contributed by atoms with Gasteiger partial charge < -0.3 is 4.90 Å². The van der Waals surface area contributed by atoms with E-state index in [1.165, 1.54) is 0 Å². The Morgan fingerprint density at radius 2 is 2.10 bits per heavy atom. The molecule has 2 N–H and O–H groups in total. The van der Waals surface area contributed by atoms with Crippen molar-refractivity contribution in [3.63, 3.8) is 0 Å². The number of sulfonamides is 1. The fraction of sp³-hybridized carbons (Fsp3) is 0.500. The van der Waals surface area contributed by atoms with E-state index < -0.39 is 21.7 Å². The second kappa shape index (κ2) is 6.11. The first kappa shape index (κ1) is 15.9. The van der Waals surface area contributed by atoms with E-state index in [1.807, 2.05) is 6.92 Å². The monoisotopic (exact) mass is 314 g/mol. The molecular formula is C14H19FN2O3S. The SMILES string of the molecule is CCN(CC1CCC1)C(=O)c1cc(S(N)(=O)=O)ccc1F. The van der Waals surface area contributed by atoms with Crippen molar-refractivity contribution in [3.8, 4) is 0 Å². The van der Waals surface area contributed by atoms with Gasteiger partial charge in [-0.05, 0) is 43.9 Å². The Labute approximate surface area is 124 Å². The molecule has 1 aromatic carbocycles. The summed E-state index contributed by atoms with van der Waals surface area (Å²) in [4.78, 5) is 13.7. The number of nitrogens with two attached hydrogens (primary N) is 1. The fourth-order valence-electron chi connectivity index (χ4n) is 2.36. The van der Waals surface area contributed by atoms with Gasteiger partial charge in [0.1, 0.15) is 5.82 Å². The first-order chi connectivity index (χ1) is 9.82. The normalized spacial score (nSPS) is 15.6. The maximum atomic E-state index is 13.9. The molecule has 1 amide bonds. The minimum Gasteiger partial charge on any atom is -0.339 e. The topological polar surface area (TPSA) is 80.5 Å². The van der Waals surface area contributed by atoms with Crippen molar-refractivity contribution >= 4 is 15.9 Å². The smallest absolute Gasteiger partial charge is 0.256 e. The molecule has 0 atom stereocenters. The number of carbonyl (C=O) groups excluding carboxylic acids is 1. The van der Waals surface area contributed by atoms with Crippen LogP contribution >= 0.6 is 0 Å². The van der Waals surface area contributed by atoms with E-state index in [0.717, 1.165) is 37.5 Å². The molecule has 5 nitrogen and oxygen atoms in total. The van der Waals surface area contributed by atoms with Crippen LogP contribution in [0.4, 0.5) is 4.39 Å². The Morgan fingerprint density at radius 3 is 2.57 bits per heavy atom. The first-order valence-corrected chi connectivity index (χ1v) is 8.49. The molecule has 21 heavy (non-hydrogen) atoms. The highest BCUT2D eigenvalue weighted by molar-refractivity contribution is 7.89. The van der Waals surface area contributed by atoms with Gasteiger partial charge in [-0.1, -0.05) is 6.42 Å². The molecule has 0 unspecified atom stereocenters. The van der Waals surface area contributed by atoms with Gasteiger partial charge in [-0.3, -0.25) is 4.79 Å². The summed E-state index contributed by atoms with van der Waals surface area (Å²) in [6, 6.07) is 3.03. The molecule has 0 bridgehead atoms. The lowest BCUT2D eigenvalue weighted by Gasteiger charge is -2.32. The molecule has 0 aliphatic heterocycles. The van der Waals surface area contributed by atoms with Crippen molar-refractivity contribution in [2.45, 2.75) is 31.1 Å². The number of hydrogen-bond donors (Lipinski definition) is 1. The van der Waals surface area contributed by atoms with Crippen LogP contribution in [0.3, 0.4) is 0 Å². The zero-order valence-corrected chi connectivity index (χ0v) is 12.7. The van der Waals surface area contributed by atoms with Gasteiger partial charge in [0.05, 0.1) is 10.5 Å². The number of nitrogens with zero attached hydrogens (tertiary/aromatic N) is 1. The summed E-state index contributed by atoms with van der Waals surface area (Å²) in [6.07, 6.45) is 3.30. The van der Waals surface area contributed by atoms with Crippen molar-refractivity contribution in [2.24, 2.45) is 11.1 Å². The summed E-state index contributed by atoms with van der Waals surface area (Å²) in [5, 5.41) is 5.02. The van der Waals surface area contributed by atoms with Crippen LogP contribution in [0, 0.1) is 11.7 Å². The molecule has 116 valence electrons. The Morgan fingerprint density at radius 1 is 1.43 bits per heavy atom. The van der Waals surface area contributed by atoms with Gasteiger partial charge in [0.15, 0.2) is 0 Å². The maximum absolute atomic E-state index is 13.9. The number of hydrogen-bond acceptors (Lipinski definition) is 3. The fourth-order valence-corrected chi connectivity index (χ4v) is 2.90. The number of primary sulfonamides is 1.